The Morgan fingerprint density at radius 3 is 2.32 bits per heavy atom. The molecule has 0 aromatic rings. The van der Waals surface area contributed by atoms with Crippen molar-refractivity contribution < 1.29 is 13.2 Å². The Kier molecular flexibility index (Phi) is 5.26. The Hall–Kier alpha value is -0.760. The SMILES string of the molecule is CC(C)(C)C1CCCN(CC(C#N)C(F)(F)F)CC1. The summed E-state index contributed by atoms with van der Waals surface area (Å²) in [6.07, 6.45) is -1.52. The Labute approximate surface area is 113 Å². The molecule has 2 atom stereocenters. The van der Waals surface area contributed by atoms with Gasteiger partial charge in [0.05, 0.1) is 6.07 Å². The quantitative estimate of drug-likeness (QED) is 0.766. The molecule has 110 valence electrons. The van der Waals surface area contributed by atoms with Crippen LogP contribution in [-0.2, 0) is 0 Å². The smallest absolute Gasteiger partial charge is 0.302 e. The Morgan fingerprint density at radius 2 is 1.84 bits per heavy atom. The first kappa shape index (κ1) is 16.3. The van der Waals surface area contributed by atoms with Crippen LogP contribution in [-0.4, -0.2) is 30.7 Å². The lowest BCUT2D eigenvalue weighted by Gasteiger charge is -2.30. The molecule has 0 aromatic carbocycles. The largest absolute Gasteiger partial charge is 0.405 e. The first-order valence-corrected chi connectivity index (χ1v) is 6.83. The van der Waals surface area contributed by atoms with Gasteiger partial charge in [0.2, 0.25) is 0 Å². The molecule has 1 aliphatic rings. The molecule has 1 rings (SSSR count). The zero-order chi connectivity index (χ0) is 14.7. The van der Waals surface area contributed by atoms with Crippen molar-refractivity contribution in [1.82, 2.24) is 4.90 Å². The lowest BCUT2D eigenvalue weighted by Crippen LogP contribution is -2.36. The van der Waals surface area contributed by atoms with Crippen LogP contribution in [0, 0.1) is 28.6 Å². The van der Waals surface area contributed by atoms with E-state index >= 15 is 0 Å². The molecule has 1 fully saturated rings. The highest BCUT2D eigenvalue weighted by molar-refractivity contribution is 4.91. The zero-order valence-corrected chi connectivity index (χ0v) is 11.9. The standard InChI is InChI=1S/C14H23F3N2/c1-13(2,3)11-5-4-7-19(8-6-11)10-12(9-18)14(15,16)17/h11-12H,4-8,10H2,1-3H3. The van der Waals surface area contributed by atoms with E-state index in [0.29, 0.717) is 19.0 Å². The van der Waals surface area contributed by atoms with Gasteiger partial charge in [-0.2, -0.15) is 18.4 Å². The predicted octanol–water partition coefficient (Wildman–Crippen LogP) is 3.84. The average Bonchev–Trinajstić information content (AvgIpc) is 2.48. The monoisotopic (exact) mass is 276 g/mol. The molecular formula is C14H23F3N2. The number of alkyl halides is 3. The van der Waals surface area contributed by atoms with E-state index < -0.39 is 12.1 Å². The molecule has 0 aliphatic carbocycles. The molecule has 1 heterocycles. The van der Waals surface area contributed by atoms with Crippen molar-refractivity contribution in [2.45, 2.75) is 46.2 Å². The maximum Gasteiger partial charge on any atom is 0.405 e. The van der Waals surface area contributed by atoms with Crippen LogP contribution in [0.25, 0.3) is 0 Å². The van der Waals surface area contributed by atoms with E-state index in [9.17, 15) is 13.2 Å². The summed E-state index contributed by atoms with van der Waals surface area (Å²) in [6, 6.07) is 1.38. The first-order chi connectivity index (χ1) is 8.64. The summed E-state index contributed by atoms with van der Waals surface area (Å²) in [7, 11) is 0. The molecule has 2 nitrogen and oxygen atoms in total. The van der Waals surface area contributed by atoms with Gasteiger partial charge in [0.1, 0.15) is 0 Å². The minimum atomic E-state index is -4.41. The third-order valence-electron chi connectivity index (χ3n) is 4.04. The topological polar surface area (TPSA) is 27.0 Å². The molecule has 1 aliphatic heterocycles. The van der Waals surface area contributed by atoms with Gasteiger partial charge in [-0.1, -0.05) is 20.8 Å². The summed E-state index contributed by atoms with van der Waals surface area (Å²) >= 11 is 0. The average molecular weight is 276 g/mol. The van der Waals surface area contributed by atoms with Gasteiger partial charge in [0.25, 0.3) is 0 Å². The van der Waals surface area contributed by atoms with E-state index in [4.69, 9.17) is 5.26 Å². The molecule has 5 heteroatoms. The second-order valence-electron chi connectivity index (χ2n) is 6.52. The van der Waals surface area contributed by atoms with Gasteiger partial charge in [-0.05, 0) is 43.7 Å². The van der Waals surface area contributed by atoms with Crippen LogP contribution < -0.4 is 0 Å². The summed E-state index contributed by atoms with van der Waals surface area (Å²) in [5.41, 5.74) is 0.203. The van der Waals surface area contributed by atoms with Gasteiger partial charge < -0.3 is 4.90 Å². The molecule has 19 heavy (non-hydrogen) atoms. The van der Waals surface area contributed by atoms with Crippen molar-refractivity contribution in [3.8, 4) is 6.07 Å². The lowest BCUT2D eigenvalue weighted by atomic mass is 9.77. The number of hydrogen-bond acceptors (Lipinski definition) is 2. The number of rotatable bonds is 2. The fourth-order valence-electron chi connectivity index (χ4n) is 2.68. The summed E-state index contributed by atoms with van der Waals surface area (Å²) < 4.78 is 37.8. The maximum atomic E-state index is 12.6. The molecule has 0 spiro atoms. The number of halogens is 3. The number of hydrogen-bond donors (Lipinski definition) is 0. The molecule has 0 N–H and O–H groups in total. The summed E-state index contributed by atoms with van der Waals surface area (Å²) in [6.45, 7) is 7.69. The van der Waals surface area contributed by atoms with E-state index in [1.165, 1.54) is 6.07 Å². The number of nitrogens with zero attached hydrogens (tertiary/aromatic N) is 2. The molecule has 0 amide bonds. The van der Waals surface area contributed by atoms with Gasteiger partial charge in [0.15, 0.2) is 5.92 Å². The van der Waals surface area contributed by atoms with Gasteiger partial charge in [-0.25, -0.2) is 0 Å². The summed E-state index contributed by atoms with van der Waals surface area (Å²) in [5, 5.41) is 8.65. The van der Waals surface area contributed by atoms with Gasteiger partial charge in [-0.15, -0.1) is 0 Å². The molecule has 0 bridgehead atoms. The normalized spacial score (nSPS) is 24.6. The maximum absolute atomic E-state index is 12.6. The van der Waals surface area contributed by atoms with Crippen LogP contribution in [0.3, 0.4) is 0 Å². The van der Waals surface area contributed by atoms with E-state index in [-0.39, 0.29) is 12.0 Å². The van der Waals surface area contributed by atoms with Crippen molar-refractivity contribution >= 4 is 0 Å². The second kappa shape index (κ2) is 6.13. The second-order valence-corrected chi connectivity index (χ2v) is 6.52. The van der Waals surface area contributed by atoms with Crippen LogP contribution in [0.4, 0.5) is 13.2 Å². The third-order valence-corrected chi connectivity index (χ3v) is 4.04. The molecule has 2 unspecified atom stereocenters. The Morgan fingerprint density at radius 1 is 1.21 bits per heavy atom. The van der Waals surface area contributed by atoms with E-state index in [2.05, 4.69) is 20.8 Å². The first-order valence-electron chi connectivity index (χ1n) is 6.83. The van der Waals surface area contributed by atoms with Gasteiger partial charge in [0, 0.05) is 6.54 Å². The van der Waals surface area contributed by atoms with Crippen molar-refractivity contribution in [2.24, 2.45) is 17.3 Å². The fourth-order valence-corrected chi connectivity index (χ4v) is 2.68. The van der Waals surface area contributed by atoms with Crippen LogP contribution >= 0.6 is 0 Å². The fraction of sp³-hybridized carbons (Fsp3) is 0.929. The lowest BCUT2D eigenvalue weighted by molar-refractivity contribution is -0.163. The summed E-state index contributed by atoms with van der Waals surface area (Å²) in [5.74, 6) is -1.32. The minimum Gasteiger partial charge on any atom is -0.302 e. The van der Waals surface area contributed by atoms with Crippen LogP contribution in [0.15, 0.2) is 0 Å². The molecule has 0 radical (unpaired) electrons. The van der Waals surface area contributed by atoms with Crippen molar-refractivity contribution in [1.29, 1.82) is 5.26 Å². The van der Waals surface area contributed by atoms with E-state index in [1.807, 2.05) is 0 Å². The van der Waals surface area contributed by atoms with E-state index in [0.717, 1.165) is 19.3 Å². The summed E-state index contributed by atoms with van der Waals surface area (Å²) in [4.78, 5) is 1.80. The zero-order valence-electron chi connectivity index (χ0n) is 11.9. The highest BCUT2D eigenvalue weighted by Crippen LogP contribution is 2.35. The predicted molar refractivity (Wildman–Crippen MR) is 68.4 cm³/mol. The van der Waals surface area contributed by atoms with Crippen molar-refractivity contribution in [3.05, 3.63) is 0 Å². The van der Waals surface area contributed by atoms with Crippen LogP contribution in [0.2, 0.25) is 0 Å². The van der Waals surface area contributed by atoms with Gasteiger partial charge in [-0.3, -0.25) is 0 Å². The Balaban J connectivity index is 2.57. The highest BCUT2D eigenvalue weighted by atomic mass is 19.4. The van der Waals surface area contributed by atoms with Crippen LogP contribution in [0.1, 0.15) is 40.0 Å². The number of likely N-dealkylation sites (tertiary alicyclic amines) is 1. The van der Waals surface area contributed by atoms with Crippen LogP contribution in [0.5, 0.6) is 0 Å². The Bertz CT molecular complexity index is 325. The third kappa shape index (κ3) is 5.02. The number of nitriles is 1. The molecule has 1 saturated heterocycles. The molecule has 0 aromatic heterocycles. The molecule has 0 saturated carbocycles. The minimum absolute atomic E-state index is 0.184. The van der Waals surface area contributed by atoms with Crippen molar-refractivity contribution in [2.75, 3.05) is 19.6 Å². The molecular weight excluding hydrogens is 253 g/mol. The van der Waals surface area contributed by atoms with Crippen molar-refractivity contribution in [3.63, 3.8) is 0 Å². The van der Waals surface area contributed by atoms with Gasteiger partial charge >= 0.3 is 6.18 Å². The highest BCUT2D eigenvalue weighted by Gasteiger charge is 2.41. The van der Waals surface area contributed by atoms with E-state index in [1.54, 1.807) is 4.90 Å².